The molecule has 3 amide bonds. The van der Waals surface area contributed by atoms with Gasteiger partial charge in [-0.3, -0.25) is 9.59 Å². The summed E-state index contributed by atoms with van der Waals surface area (Å²) in [5.74, 6) is -1.98. The fourth-order valence-electron chi connectivity index (χ4n) is 1.47. The summed E-state index contributed by atoms with van der Waals surface area (Å²) in [6.07, 6.45) is 1.67. The van der Waals surface area contributed by atoms with Crippen LogP contribution in [0, 0.1) is 0 Å². The third-order valence-electron chi connectivity index (χ3n) is 2.39. The number of thiazole rings is 1. The normalized spacial score (nSPS) is 11.7. The molecule has 110 valence electrons. The minimum atomic E-state index is -1.21. The number of rotatable bonds is 7. The van der Waals surface area contributed by atoms with Crippen LogP contribution < -0.4 is 11.1 Å². The summed E-state index contributed by atoms with van der Waals surface area (Å²) in [6.45, 7) is 1.15. The Morgan fingerprint density at radius 2 is 2.20 bits per heavy atom. The monoisotopic (exact) mass is 300 g/mol. The number of primary amides is 1. The first-order valence-electron chi connectivity index (χ1n) is 5.82. The molecule has 0 spiro atoms. The Bertz CT molecular complexity index is 461. The second-order valence-electron chi connectivity index (χ2n) is 4.17. The predicted molar refractivity (Wildman–Crippen MR) is 72.3 cm³/mol. The molecule has 1 rings (SSSR count). The molecule has 0 aliphatic carbocycles. The lowest BCUT2D eigenvalue weighted by atomic mass is 10.2. The molecule has 0 fully saturated rings. The zero-order valence-electron chi connectivity index (χ0n) is 10.9. The van der Waals surface area contributed by atoms with Crippen molar-refractivity contribution < 1.29 is 19.5 Å². The van der Waals surface area contributed by atoms with Gasteiger partial charge in [-0.2, -0.15) is 0 Å². The molecule has 20 heavy (non-hydrogen) atoms. The van der Waals surface area contributed by atoms with E-state index in [1.165, 1.54) is 11.3 Å². The molecule has 0 radical (unpaired) electrons. The number of nitrogens with zero attached hydrogens (tertiary/aromatic N) is 2. The maximum absolute atomic E-state index is 11.8. The van der Waals surface area contributed by atoms with Gasteiger partial charge in [-0.15, -0.1) is 11.3 Å². The Balaban J connectivity index is 2.52. The first-order chi connectivity index (χ1) is 9.40. The zero-order valence-corrected chi connectivity index (χ0v) is 11.7. The molecule has 1 atom stereocenters. The van der Waals surface area contributed by atoms with Crippen molar-refractivity contribution in [3.05, 3.63) is 16.6 Å². The highest BCUT2D eigenvalue weighted by Gasteiger charge is 2.19. The van der Waals surface area contributed by atoms with Crippen LogP contribution in [0.1, 0.15) is 17.8 Å². The summed E-state index contributed by atoms with van der Waals surface area (Å²) in [7, 11) is 0. The van der Waals surface area contributed by atoms with E-state index in [4.69, 9.17) is 10.8 Å². The molecule has 8 nitrogen and oxygen atoms in total. The number of carbonyl (C=O) groups excluding carboxylic acids is 2. The number of carboxylic acids is 1. The van der Waals surface area contributed by atoms with Crippen LogP contribution in [0.25, 0.3) is 0 Å². The van der Waals surface area contributed by atoms with Crippen LogP contribution in [0.4, 0.5) is 4.79 Å². The predicted octanol–water partition coefficient (Wildman–Crippen LogP) is -0.172. The summed E-state index contributed by atoms with van der Waals surface area (Å²) >= 11 is 1.47. The van der Waals surface area contributed by atoms with Gasteiger partial charge in [-0.25, -0.2) is 9.78 Å². The minimum absolute atomic E-state index is 0.000735. The SMILES string of the molecule is CC(CNC(=O)N(CC(N)=O)CC(=O)O)c1nccs1. The van der Waals surface area contributed by atoms with Gasteiger partial charge in [-0.1, -0.05) is 6.92 Å². The highest BCUT2D eigenvalue weighted by Crippen LogP contribution is 2.16. The van der Waals surface area contributed by atoms with E-state index in [0.29, 0.717) is 6.54 Å². The number of urea groups is 1. The average Bonchev–Trinajstić information content (AvgIpc) is 2.87. The van der Waals surface area contributed by atoms with Gasteiger partial charge in [0.2, 0.25) is 5.91 Å². The van der Waals surface area contributed by atoms with Crippen molar-refractivity contribution in [1.82, 2.24) is 15.2 Å². The van der Waals surface area contributed by atoms with E-state index in [2.05, 4.69) is 10.3 Å². The summed E-state index contributed by atoms with van der Waals surface area (Å²) in [5, 5.41) is 14.0. The molecule has 0 bridgehead atoms. The lowest BCUT2D eigenvalue weighted by molar-refractivity contribution is -0.137. The molecule has 9 heteroatoms. The molecule has 1 aromatic heterocycles. The molecule has 0 saturated heterocycles. The number of nitrogens with two attached hydrogens (primary N) is 1. The topological polar surface area (TPSA) is 126 Å². The number of aliphatic carboxylic acids is 1. The summed E-state index contributed by atoms with van der Waals surface area (Å²) in [5.41, 5.74) is 4.98. The first kappa shape index (κ1) is 15.9. The molecule has 0 saturated carbocycles. The number of aromatic nitrogens is 1. The molecule has 4 N–H and O–H groups in total. The van der Waals surface area contributed by atoms with Crippen molar-refractivity contribution in [2.24, 2.45) is 5.73 Å². The Morgan fingerprint density at radius 1 is 1.50 bits per heavy atom. The fraction of sp³-hybridized carbons (Fsp3) is 0.455. The van der Waals surface area contributed by atoms with Crippen LogP contribution in [-0.4, -0.2) is 52.5 Å². The summed E-state index contributed by atoms with van der Waals surface area (Å²) in [6, 6.07) is -0.644. The lowest BCUT2D eigenvalue weighted by Crippen LogP contribution is -2.47. The summed E-state index contributed by atoms with van der Waals surface area (Å²) < 4.78 is 0. The number of hydrogen-bond donors (Lipinski definition) is 3. The second-order valence-corrected chi connectivity index (χ2v) is 5.10. The van der Waals surface area contributed by atoms with E-state index < -0.39 is 31.0 Å². The van der Waals surface area contributed by atoms with Crippen molar-refractivity contribution in [3.63, 3.8) is 0 Å². The number of carboxylic acid groups (broad SMARTS) is 1. The quantitative estimate of drug-likeness (QED) is 0.644. The highest BCUT2D eigenvalue weighted by molar-refractivity contribution is 7.09. The lowest BCUT2D eigenvalue weighted by Gasteiger charge is -2.20. The molecular weight excluding hydrogens is 284 g/mol. The average molecular weight is 300 g/mol. The van der Waals surface area contributed by atoms with Crippen LogP contribution in [0.5, 0.6) is 0 Å². The maximum Gasteiger partial charge on any atom is 0.323 e. The van der Waals surface area contributed by atoms with Crippen molar-refractivity contribution >= 4 is 29.2 Å². The maximum atomic E-state index is 11.8. The third kappa shape index (κ3) is 5.22. The highest BCUT2D eigenvalue weighted by atomic mass is 32.1. The Hall–Kier alpha value is -2.16. The number of amides is 3. The van der Waals surface area contributed by atoms with Crippen molar-refractivity contribution in [3.8, 4) is 0 Å². The molecule has 1 aromatic rings. The van der Waals surface area contributed by atoms with Crippen LogP contribution in [0.3, 0.4) is 0 Å². The molecule has 0 aromatic carbocycles. The van der Waals surface area contributed by atoms with Gasteiger partial charge in [0, 0.05) is 24.0 Å². The second kappa shape index (κ2) is 7.43. The van der Waals surface area contributed by atoms with E-state index in [-0.39, 0.29) is 5.92 Å². The largest absolute Gasteiger partial charge is 0.480 e. The van der Waals surface area contributed by atoms with Gasteiger partial charge >= 0.3 is 12.0 Å². The third-order valence-corrected chi connectivity index (χ3v) is 3.40. The van der Waals surface area contributed by atoms with Crippen molar-refractivity contribution in [1.29, 1.82) is 0 Å². The standard InChI is InChI=1S/C11H16N4O4S/c1-7(10-13-2-3-20-10)4-14-11(19)15(5-8(12)16)6-9(17)18/h2-3,7H,4-6H2,1H3,(H2,12,16)(H,14,19)(H,17,18). The molecule has 1 unspecified atom stereocenters. The Labute approximate surface area is 119 Å². The van der Waals surface area contributed by atoms with Gasteiger partial charge in [0.1, 0.15) is 13.1 Å². The number of nitrogens with one attached hydrogen (secondary N) is 1. The molecule has 0 aliphatic heterocycles. The van der Waals surface area contributed by atoms with E-state index in [0.717, 1.165) is 9.91 Å². The molecule has 1 heterocycles. The van der Waals surface area contributed by atoms with E-state index in [1.807, 2.05) is 12.3 Å². The van der Waals surface area contributed by atoms with Gasteiger partial charge in [0.05, 0.1) is 5.01 Å². The number of hydrogen-bond acceptors (Lipinski definition) is 5. The molecular formula is C11H16N4O4S. The van der Waals surface area contributed by atoms with E-state index in [9.17, 15) is 14.4 Å². The Kier molecular flexibility index (Phi) is 5.91. The zero-order chi connectivity index (χ0) is 15.1. The molecule has 0 aliphatic rings. The smallest absolute Gasteiger partial charge is 0.323 e. The van der Waals surface area contributed by atoms with Gasteiger partial charge in [-0.05, 0) is 0 Å². The van der Waals surface area contributed by atoms with E-state index in [1.54, 1.807) is 6.20 Å². The van der Waals surface area contributed by atoms with Crippen LogP contribution in [0.15, 0.2) is 11.6 Å². The van der Waals surface area contributed by atoms with Crippen molar-refractivity contribution in [2.45, 2.75) is 12.8 Å². The van der Waals surface area contributed by atoms with Crippen molar-refractivity contribution in [2.75, 3.05) is 19.6 Å². The Morgan fingerprint density at radius 3 is 2.70 bits per heavy atom. The van der Waals surface area contributed by atoms with Crippen LogP contribution in [0.2, 0.25) is 0 Å². The van der Waals surface area contributed by atoms with Gasteiger partial charge in [0.15, 0.2) is 0 Å². The van der Waals surface area contributed by atoms with E-state index >= 15 is 0 Å². The van der Waals surface area contributed by atoms with Crippen LogP contribution in [-0.2, 0) is 9.59 Å². The summed E-state index contributed by atoms with van der Waals surface area (Å²) in [4.78, 5) is 38.2. The first-order valence-corrected chi connectivity index (χ1v) is 6.70. The fourth-order valence-corrected chi connectivity index (χ4v) is 2.17. The van der Waals surface area contributed by atoms with Gasteiger partial charge < -0.3 is 21.1 Å². The minimum Gasteiger partial charge on any atom is -0.480 e. The van der Waals surface area contributed by atoms with Crippen LogP contribution >= 0.6 is 11.3 Å². The van der Waals surface area contributed by atoms with Gasteiger partial charge in [0.25, 0.3) is 0 Å². The number of carbonyl (C=O) groups is 3.